The molecule has 5 nitrogen and oxygen atoms in total. The number of halogens is 6. The molecule has 0 fully saturated rings. The molecule has 0 saturated carbocycles. The van der Waals surface area contributed by atoms with Gasteiger partial charge in [0.1, 0.15) is 32.8 Å². The van der Waals surface area contributed by atoms with E-state index >= 15 is 0 Å². The molecule has 4 rings (SSSR count). The molecular weight excluding hydrogens is 666 g/mol. The van der Waals surface area contributed by atoms with E-state index in [0.717, 1.165) is 11.5 Å². The highest BCUT2D eigenvalue weighted by atomic mass is 32.2. The van der Waals surface area contributed by atoms with E-state index < -0.39 is 44.6 Å². The van der Waals surface area contributed by atoms with Crippen molar-refractivity contribution in [2.45, 2.75) is 84.7 Å². The van der Waals surface area contributed by atoms with Crippen molar-refractivity contribution < 1.29 is 48.8 Å². The van der Waals surface area contributed by atoms with E-state index in [-0.39, 0.29) is 34.2 Å². The van der Waals surface area contributed by atoms with Crippen molar-refractivity contribution in [1.82, 2.24) is 0 Å². The third-order valence-electron chi connectivity index (χ3n) is 5.78. The molecule has 0 aromatic heterocycles. The predicted molar refractivity (Wildman–Crippen MR) is 167 cm³/mol. The van der Waals surface area contributed by atoms with Crippen LogP contribution in [0.3, 0.4) is 0 Å². The first kappa shape index (κ1) is 37.8. The maximum atomic E-state index is 12.4. The van der Waals surface area contributed by atoms with Gasteiger partial charge in [0.25, 0.3) is 0 Å². The van der Waals surface area contributed by atoms with Crippen LogP contribution in [0.25, 0.3) is 0 Å². The van der Waals surface area contributed by atoms with Crippen LogP contribution in [0.2, 0.25) is 0 Å². The third-order valence-corrected chi connectivity index (χ3v) is 8.87. The van der Waals surface area contributed by atoms with Crippen molar-refractivity contribution in [2.75, 3.05) is 0 Å². The van der Waals surface area contributed by atoms with E-state index in [2.05, 4.69) is 114 Å². The lowest BCUT2D eigenvalue weighted by molar-refractivity contribution is -0.144. The van der Waals surface area contributed by atoms with Crippen LogP contribution in [0, 0.1) is 0 Å². The molecule has 0 heterocycles. The summed E-state index contributed by atoms with van der Waals surface area (Å²) in [6, 6.07) is 27.3. The fraction of sp³-hybridized carbons (Fsp3) is 0.294. The second-order valence-electron chi connectivity index (χ2n) is 12.2. The van der Waals surface area contributed by atoms with Crippen LogP contribution in [-0.4, -0.2) is 24.2 Å². The Bertz CT molecular complexity index is 1670. The average molecular weight is 701 g/mol. The fourth-order valence-electron chi connectivity index (χ4n) is 4.16. The van der Waals surface area contributed by atoms with Gasteiger partial charge < -0.3 is 14.0 Å². The molecule has 47 heavy (non-hydrogen) atoms. The molecule has 0 amide bonds. The maximum absolute atomic E-state index is 12.4. The number of hydrogen-bond acceptors (Lipinski definition) is 5. The van der Waals surface area contributed by atoms with Crippen molar-refractivity contribution in [2.24, 2.45) is 0 Å². The summed E-state index contributed by atoms with van der Waals surface area (Å²) in [6.45, 7) is 12.4. The van der Waals surface area contributed by atoms with E-state index in [1.807, 2.05) is 6.07 Å². The first-order chi connectivity index (χ1) is 21.4. The Morgan fingerprint density at radius 2 is 1.00 bits per heavy atom. The zero-order chi connectivity index (χ0) is 35.4. The predicted octanol–water partition coefficient (Wildman–Crippen LogP) is 9.76. The Balaban J connectivity index is 0.000000287. The molecule has 0 unspecified atom stereocenters. The van der Waals surface area contributed by atoms with Crippen LogP contribution in [-0.2, 0) is 33.4 Å². The summed E-state index contributed by atoms with van der Waals surface area (Å²) >= 11 is 0. The summed E-state index contributed by atoms with van der Waals surface area (Å²) in [5.74, 6) is 1.66. The summed E-state index contributed by atoms with van der Waals surface area (Å²) in [6.07, 6.45) is -10.5. The van der Waals surface area contributed by atoms with Gasteiger partial charge in [0.2, 0.25) is 0 Å². The lowest BCUT2D eigenvalue weighted by Gasteiger charge is -2.25. The molecule has 13 heteroatoms. The molecule has 4 aromatic carbocycles. The van der Waals surface area contributed by atoms with Gasteiger partial charge in [-0.15, -0.1) is 0 Å². The van der Waals surface area contributed by atoms with Crippen LogP contribution >= 0.6 is 0 Å². The van der Waals surface area contributed by atoms with Crippen LogP contribution in [0.5, 0.6) is 11.5 Å². The van der Waals surface area contributed by atoms with Gasteiger partial charge in [-0.25, -0.2) is 8.42 Å². The molecular formula is C34H34F6O5S2. The van der Waals surface area contributed by atoms with E-state index in [9.17, 15) is 39.3 Å². The summed E-state index contributed by atoms with van der Waals surface area (Å²) in [5.41, 5.74) is -4.39. The summed E-state index contributed by atoms with van der Waals surface area (Å²) in [7, 11) is -5.77. The molecule has 0 radical (unpaired) electrons. The molecule has 0 N–H and O–H groups in total. The molecule has 0 aliphatic heterocycles. The maximum Gasteiger partial charge on any atom is 0.417 e. The van der Waals surface area contributed by atoms with Crippen molar-refractivity contribution in [3.8, 4) is 11.5 Å². The van der Waals surface area contributed by atoms with E-state index in [0.29, 0.717) is 0 Å². The monoisotopic (exact) mass is 700 g/mol. The first-order valence-corrected chi connectivity index (χ1v) is 16.7. The van der Waals surface area contributed by atoms with E-state index in [4.69, 9.17) is 9.47 Å². The summed E-state index contributed by atoms with van der Waals surface area (Å²) < 4.78 is 118. The lowest BCUT2D eigenvalue weighted by atomic mass is 10.1. The number of alkyl halides is 6. The second-order valence-corrected chi connectivity index (χ2v) is 15.5. The van der Waals surface area contributed by atoms with Crippen LogP contribution in [0.15, 0.2) is 117 Å². The SMILES string of the molecule is CC(C)(C)Oc1cc(OC(C)(C)C)cc([S+](c2ccccc2)c2ccccc2)c1.O=S(=O)([O-])c1ccc(C(F)(F)F)cc1C(F)(F)F. The molecule has 0 saturated heterocycles. The number of rotatable bonds is 6. The molecule has 0 atom stereocenters. The van der Waals surface area contributed by atoms with Gasteiger partial charge in [-0.1, -0.05) is 36.4 Å². The highest BCUT2D eigenvalue weighted by Crippen LogP contribution is 2.39. The van der Waals surface area contributed by atoms with Gasteiger partial charge >= 0.3 is 12.4 Å². The highest BCUT2D eigenvalue weighted by molar-refractivity contribution is 7.97. The van der Waals surface area contributed by atoms with Gasteiger partial charge in [0.05, 0.1) is 26.9 Å². The Hall–Kier alpha value is -3.68. The highest BCUT2D eigenvalue weighted by Gasteiger charge is 2.39. The number of ether oxygens (including phenoxy) is 2. The zero-order valence-electron chi connectivity index (χ0n) is 26.4. The second kappa shape index (κ2) is 14.2. The van der Waals surface area contributed by atoms with Gasteiger partial charge in [0, 0.05) is 18.2 Å². The minimum absolute atomic E-state index is 0.00597. The van der Waals surface area contributed by atoms with E-state index in [1.165, 1.54) is 14.7 Å². The van der Waals surface area contributed by atoms with E-state index in [1.54, 1.807) is 0 Å². The first-order valence-electron chi connectivity index (χ1n) is 14.1. The quantitative estimate of drug-likeness (QED) is 0.114. The van der Waals surface area contributed by atoms with Gasteiger partial charge in [0.15, 0.2) is 14.7 Å². The van der Waals surface area contributed by atoms with Crippen molar-refractivity contribution in [3.05, 3.63) is 108 Å². The number of hydrogen-bond donors (Lipinski definition) is 0. The number of benzene rings is 4. The molecule has 4 aromatic rings. The standard InChI is InChI=1S/C26H31O2S.C8H4F6O3S/c1-25(2,3)27-20-17-21(28-26(4,5)6)19-24(18-20)29(22-13-9-7-10-14-22)23-15-11-8-12-16-23;9-7(10,11)4-1-2-6(18(15,16)17)5(3-4)8(12,13)14/h7-19H,1-6H3;1-3H,(H,15,16,17)/q+1;/p-1. The van der Waals surface area contributed by atoms with Crippen LogP contribution in [0.1, 0.15) is 52.7 Å². The normalized spacial score (nSPS) is 12.7. The topological polar surface area (TPSA) is 75.7 Å². The van der Waals surface area contributed by atoms with Crippen LogP contribution in [0.4, 0.5) is 26.3 Å². The summed E-state index contributed by atoms with van der Waals surface area (Å²) in [5, 5.41) is 0. The largest absolute Gasteiger partial charge is 0.744 e. The van der Waals surface area contributed by atoms with Crippen molar-refractivity contribution in [1.29, 1.82) is 0 Å². The Morgan fingerprint density at radius 3 is 1.34 bits per heavy atom. The fourth-order valence-corrected chi connectivity index (χ4v) is 6.98. The average Bonchev–Trinajstić information content (AvgIpc) is 2.91. The molecule has 254 valence electrons. The van der Waals surface area contributed by atoms with Crippen molar-refractivity contribution in [3.63, 3.8) is 0 Å². The smallest absolute Gasteiger partial charge is 0.417 e. The Labute approximate surface area is 273 Å². The molecule has 0 aliphatic carbocycles. The molecule has 0 aliphatic rings. The van der Waals surface area contributed by atoms with Gasteiger partial charge in [-0.2, -0.15) is 26.3 Å². The minimum atomic E-state index is -5.52. The van der Waals surface area contributed by atoms with Gasteiger partial charge in [-0.05, 0) is 84.0 Å². The summed E-state index contributed by atoms with van der Waals surface area (Å²) in [4.78, 5) is 1.99. The molecule has 0 spiro atoms. The minimum Gasteiger partial charge on any atom is -0.744 e. The Kier molecular flexibility index (Phi) is 11.4. The lowest BCUT2D eigenvalue weighted by Crippen LogP contribution is -2.24. The third kappa shape index (κ3) is 11.5. The Morgan fingerprint density at radius 1 is 0.574 bits per heavy atom. The zero-order valence-corrected chi connectivity index (χ0v) is 28.0. The molecule has 0 bridgehead atoms. The van der Waals surface area contributed by atoms with Gasteiger partial charge in [-0.3, -0.25) is 0 Å². The van der Waals surface area contributed by atoms with Crippen molar-refractivity contribution >= 4 is 21.0 Å². The van der Waals surface area contributed by atoms with Crippen LogP contribution < -0.4 is 9.47 Å².